The summed E-state index contributed by atoms with van der Waals surface area (Å²) in [6.07, 6.45) is 3.43. The van der Waals surface area contributed by atoms with Gasteiger partial charge in [0.1, 0.15) is 11.9 Å². The zero-order valence-corrected chi connectivity index (χ0v) is 16.7. The number of fused-ring (bicyclic) bond motifs is 1. The number of non-ortho nitro benzene ring substituents is 1. The van der Waals surface area contributed by atoms with Crippen LogP contribution in [0, 0.1) is 16.0 Å². The minimum atomic E-state index is -0.420. The van der Waals surface area contributed by atoms with Crippen LogP contribution in [-0.4, -0.2) is 30.0 Å². The highest BCUT2D eigenvalue weighted by Crippen LogP contribution is 2.39. The van der Waals surface area contributed by atoms with Crippen LogP contribution in [0.3, 0.4) is 0 Å². The van der Waals surface area contributed by atoms with Crippen LogP contribution in [0.25, 0.3) is 5.57 Å². The van der Waals surface area contributed by atoms with Crippen molar-refractivity contribution in [1.29, 1.82) is 0 Å². The fourth-order valence-corrected chi connectivity index (χ4v) is 4.10. The number of carbonyl (C=O) groups excluding carboxylic acids is 1. The number of hydrogen-bond acceptors (Lipinski definition) is 6. The maximum absolute atomic E-state index is 13.1. The predicted molar refractivity (Wildman–Crippen MR) is 110 cm³/mol. The van der Waals surface area contributed by atoms with Crippen molar-refractivity contribution in [3.8, 4) is 5.75 Å². The molecule has 1 aliphatic heterocycles. The molecule has 1 fully saturated rings. The van der Waals surface area contributed by atoms with Gasteiger partial charge >= 0.3 is 0 Å². The second-order valence-corrected chi connectivity index (χ2v) is 7.55. The van der Waals surface area contributed by atoms with Crippen molar-refractivity contribution in [2.75, 3.05) is 7.11 Å². The Bertz CT molecular complexity index is 968. The molecule has 4 rings (SSSR count). The molecule has 3 unspecified atom stereocenters. The van der Waals surface area contributed by atoms with Gasteiger partial charge in [-0.3, -0.25) is 14.9 Å². The van der Waals surface area contributed by atoms with Gasteiger partial charge in [-0.25, -0.2) is 0 Å². The molecule has 0 bridgehead atoms. The molecule has 0 amide bonds. The van der Waals surface area contributed by atoms with Crippen LogP contribution in [-0.2, 0) is 20.9 Å². The maximum atomic E-state index is 13.1. The number of ether oxygens (including phenoxy) is 3. The van der Waals surface area contributed by atoms with Gasteiger partial charge in [0.25, 0.3) is 5.69 Å². The smallest absolute Gasteiger partial charge is 0.269 e. The van der Waals surface area contributed by atoms with E-state index in [0.29, 0.717) is 30.8 Å². The van der Waals surface area contributed by atoms with Gasteiger partial charge in [0, 0.05) is 24.1 Å². The Morgan fingerprint density at radius 2 is 1.90 bits per heavy atom. The molecule has 2 aliphatic rings. The number of ketones is 1. The molecule has 7 heteroatoms. The minimum absolute atomic E-state index is 0.0181. The van der Waals surface area contributed by atoms with E-state index >= 15 is 0 Å². The molecular formula is C23H23NO6. The first-order valence-corrected chi connectivity index (χ1v) is 9.95. The van der Waals surface area contributed by atoms with Crippen molar-refractivity contribution in [3.05, 3.63) is 76.0 Å². The Balaban J connectivity index is 1.39. The molecule has 1 heterocycles. The number of nitro groups is 1. The average molecular weight is 409 g/mol. The zero-order valence-electron chi connectivity index (χ0n) is 16.7. The second kappa shape index (κ2) is 8.67. The van der Waals surface area contributed by atoms with E-state index in [0.717, 1.165) is 17.5 Å². The van der Waals surface area contributed by atoms with Crippen LogP contribution in [0.5, 0.6) is 5.75 Å². The van der Waals surface area contributed by atoms with Gasteiger partial charge in [0.2, 0.25) is 0 Å². The lowest BCUT2D eigenvalue weighted by atomic mass is 9.77. The quantitative estimate of drug-likeness (QED) is 0.522. The van der Waals surface area contributed by atoms with Crippen LogP contribution in [0.15, 0.2) is 54.8 Å². The second-order valence-electron chi connectivity index (χ2n) is 7.55. The van der Waals surface area contributed by atoms with Gasteiger partial charge in [-0.05, 0) is 36.6 Å². The van der Waals surface area contributed by atoms with E-state index in [1.807, 2.05) is 24.3 Å². The normalized spacial score (nSPS) is 23.2. The van der Waals surface area contributed by atoms with E-state index < -0.39 is 4.92 Å². The summed E-state index contributed by atoms with van der Waals surface area (Å²) in [6, 6.07) is 13.8. The summed E-state index contributed by atoms with van der Waals surface area (Å²) in [7, 11) is 1.59. The van der Waals surface area contributed by atoms with Gasteiger partial charge in [-0.1, -0.05) is 18.2 Å². The van der Waals surface area contributed by atoms with E-state index in [2.05, 4.69) is 0 Å². The molecule has 0 radical (unpaired) electrons. The number of nitrogens with zero attached hydrogens (tertiary/aromatic N) is 1. The molecule has 3 atom stereocenters. The maximum Gasteiger partial charge on any atom is 0.269 e. The van der Waals surface area contributed by atoms with Crippen LogP contribution >= 0.6 is 0 Å². The Labute approximate surface area is 174 Å². The third-order valence-corrected chi connectivity index (χ3v) is 5.74. The number of benzene rings is 2. The molecule has 0 saturated heterocycles. The van der Waals surface area contributed by atoms with Crippen molar-refractivity contribution in [3.63, 3.8) is 0 Å². The topological polar surface area (TPSA) is 87.9 Å². The first-order valence-electron chi connectivity index (χ1n) is 9.95. The Hall–Kier alpha value is -3.19. The molecule has 2 aromatic carbocycles. The number of Topliss-reactive ketones (excluding diaryl/α,β-unsaturated/α-hetero) is 1. The largest absolute Gasteiger partial charge is 0.496 e. The SMILES string of the molecule is COc1ccccc1C1=COC2CC(OCc3ccc([N+](=O)[O-])cc3)CCC2C1=O. The van der Waals surface area contributed by atoms with Crippen molar-refractivity contribution in [2.24, 2.45) is 5.92 Å². The standard InChI is InChI=1S/C23H23NO6/c1-28-21-5-3-2-4-18(21)20-14-30-22-12-17(10-11-19(22)23(20)25)29-13-15-6-8-16(9-7-15)24(26)27/h2-9,14,17,19,22H,10-13H2,1H3. The summed E-state index contributed by atoms with van der Waals surface area (Å²) in [5.74, 6) is 0.554. The lowest BCUT2D eigenvalue weighted by Gasteiger charge is -2.37. The van der Waals surface area contributed by atoms with Gasteiger partial charge in [-0.2, -0.15) is 0 Å². The molecule has 1 aliphatic carbocycles. The van der Waals surface area contributed by atoms with Gasteiger partial charge in [0.15, 0.2) is 5.78 Å². The summed E-state index contributed by atoms with van der Waals surface area (Å²) in [5, 5.41) is 10.7. The van der Waals surface area contributed by atoms with E-state index in [-0.39, 0.29) is 29.6 Å². The molecule has 7 nitrogen and oxygen atoms in total. The van der Waals surface area contributed by atoms with Crippen molar-refractivity contribution >= 4 is 17.0 Å². The van der Waals surface area contributed by atoms with Crippen LogP contribution < -0.4 is 4.74 Å². The Kier molecular flexibility index (Phi) is 5.81. The minimum Gasteiger partial charge on any atom is -0.496 e. The first kappa shape index (κ1) is 20.1. The highest BCUT2D eigenvalue weighted by Gasteiger charge is 2.41. The van der Waals surface area contributed by atoms with Gasteiger partial charge in [0.05, 0.1) is 42.5 Å². The Morgan fingerprint density at radius 1 is 1.13 bits per heavy atom. The van der Waals surface area contributed by atoms with Gasteiger partial charge in [-0.15, -0.1) is 0 Å². The summed E-state index contributed by atoms with van der Waals surface area (Å²) < 4.78 is 17.3. The number of allylic oxidation sites excluding steroid dienone is 1. The summed E-state index contributed by atoms with van der Waals surface area (Å²) >= 11 is 0. The summed E-state index contributed by atoms with van der Waals surface area (Å²) in [4.78, 5) is 23.4. The molecule has 0 N–H and O–H groups in total. The molecule has 2 aromatic rings. The lowest BCUT2D eigenvalue weighted by Crippen LogP contribution is -2.41. The average Bonchev–Trinajstić information content (AvgIpc) is 2.78. The fraction of sp³-hybridized carbons (Fsp3) is 0.348. The van der Waals surface area contributed by atoms with Crippen LogP contribution in [0.2, 0.25) is 0 Å². The monoisotopic (exact) mass is 409 g/mol. The van der Waals surface area contributed by atoms with Gasteiger partial charge < -0.3 is 14.2 Å². The third-order valence-electron chi connectivity index (χ3n) is 5.74. The third kappa shape index (κ3) is 4.07. The highest BCUT2D eigenvalue weighted by molar-refractivity contribution is 6.22. The van der Waals surface area contributed by atoms with Crippen molar-refractivity contribution < 1.29 is 23.9 Å². The molecule has 30 heavy (non-hydrogen) atoms. The number of methoxy groups -OCH3 is 1. The van der Waals surface area contributed by atoms with E-state index in [1.54, 1.807) is 25.5 Å². The number of nitro benzene ring substituents is 1. The lowest BCUT2D eigenvalue weighted by molar-refractivity contribution is -0.384. The number of hydrogen-bond donors (Lipinski definition) is 0. The molecule has 0 aromatic heterocycles. The van der Waals surface area contributed by atoms with Crippen LogP contribution in [0.4, 0.5) is 5.69 Å². The molecule has 156 valence electrons. The predicted octanol–water partition coefficient (Wildman–Crippen LogP) is 4.30. The Morgan fingerprint density at radius 3 is 2.63 bits per heavy atom. The van der Waals surface area contributed by atoms with E-state index in [4.69, 9.17) is 14.2 Å². The van der Waals surface area contributed by atoms with Crippen LogP contribution in [0.1, 0.15) is 30.4 Å². The highest BCUT2D eigenvalue weighted by atomic mass is 16.6. The van der Waals surface area contributed by atoms with E-state index in [1.165, 1.54) is 12.1 Å². The number of carbonyl (C=O) groups is 1. The molecule has 0 spiro atoms. The molecule has 1 saturated carbocycles. The summed E-state index contributed by atoms with van der Waals surface area (Å²) in [6.45, 7) is 0.371. The fourth-order valence-electron chi connectivity index (χ4n) is 4.10. The number of rotatable bonds is 6. The number of para-hydroxylation sites is 1. The molecular weight excluding hydrogens is 386 g/mol. The summed E-state index contributed by atoms with van der Waals surface area (Å²) in [5.41, 5.74) is 2.24. The van der Waals surface area contributed by atoms with Crippen molar-refractivity contribution in [1.82, 2.24) is 0 Å². The van der Waals surface area contributed by atoms with E-state index in [9.17, 15) is 14.9 Å². The first-order chi connectivity index (χ1) is 14.6. The zero-order chi connectivity index (χ0) is 21.1. The van der Waals surface area contributed by atoms with Crippen molar-refractivity contribution in [2.45, 2.75) is 38.1 Å².